The summed E-state index contributed by atoms with van der Waals surface area (Å²) in [5, 5.41) is 3.41. The molecule has 2 rings (SSSR count). The van der Waals surface area contributed by atoms with Gasteiger partial charge in [-0.15, -0.1) is 0 Å². The zero-order valence-corrected chi connectivity index (χ0v) is 10.7. The van der Waals surface area contributed by atoms with Crippen molar-refractivity contribution in [2.75, 3.05) is 24.5 Å². The van der Waals surface area contributed by atoms with E-state index in [1.807, 2.05) is 19.9 Å². The number of nitrogens with zero attached hydrogens (tertiary/aromatic N) is 3. The molecule has 1 saturated heterocycles. The molecule has 0 amide bonds. The molecule has 1 aliphatic rings. The Balaban J connectivity index is 2.09. The summed E-state index contributed by atoms with van der Waals surface area (Å²) in [6.07, 6.45) is 1.71. The summed E-state index contributed by atoms with van der Waals surface area (Å²) in [7, 11) is 0. The van der Waals surface area contributed by atoms with Gasteiger partial charge in [-0.1, -0.05) is 0 Å². The fourth-order valence-electron chi connectivity index (χ4n) is 1.95. The molecule has 17 heavy (non-hydrogen) atoms. The minimum atomic E-state index is 0.139. The number of rotatable bonds is 3. The summed E-state index contributed by atoms with van der Waals surface area (Å²) in [5.74, 6) is 1.60. The molecule has 2 heterocycles. The van der Waals surface area contributed by atoms with Crippen LogP contribution in [0, 0.1) is 0 Å². The van der Waals surface area contributed by atoms with Crippen LogP contribution in [-0.4, -0.2) is 41.7 Å². The normalized spacial score (nSPS) is 20.7. The van der Waals surface area contributed by atoms with E-state index in [4.69, 9.17) is 4.74 Å². The van der Waals surface area contributed by atoms with Gasteiger partial charge in [-0.2, -0.15) is 0 Å². The van der Waals surface area contributed by atoms with Gasteiger partial charge in [0.25, 0.3) is 0 Å². The van der Waals surface area contributed by atoms with Crippen LogP contribution in [0.1, 0.15) is 20.8 Å². The molecule has 1 fully saturated rings. The summed E-state index contributed by atoms with van der Waals surface area (Å²) in [5.41, 5.74) is 0. The van der Waals surface area contributed by atoms with E-state index in [0.29, 0.717) is 11.9 Å². The second-order valence-corrected chi connectivity index (χ2v) is 4.68. The van der Waals surface area contributed by atoms with Gasteiger partial charge in [0.2, 0.25) is 5.88 Å². The van der Waals surface area contributed by atoms with Crippen molar-refractivity contribution >= 4 is 5.82 Å². The monoisotopic (exact) mass is 236 g/mol. The first-order valence-corrected chi connectivity index (χ1v) is 6.12. The van der Waals surface area contributed by atoms with Gasteiger partial charge < -0.3 is 15.0 Å². The minimum absolute atomic E-state index is 0.139. The summed E-state index contributed by atoms with van der Waals surface area (Å²) in [6.45, 7) is 9.11. The number of piperazine rings is 1. The van der Waals surface area contributed by atoms with Gasteiger partial charge in [-0.3, -0.25) is 0 Å². The summed E-state index contributed by atoms with van der Waals surface area (Å²) in [6, 6.07) is 2.41. The maximum absolute atomic E-state index is 5.58. The van der Waals surface area contributed by atoms with Crippen LogP contribution in [0.3, 0.4) is 0 Å². The SMILES string of the molecule is CC1CN(c2cc(OC(C)C)ncn2)CCN1. The highest BCUT2D eigenvalue weighted by atomic mass is 16.5. The van der Waals surface area contributed by atoms with Crippen molar-refractivity contribution in [1.82, 2.24) is 15.3 Å². The Kier molecular flexibility index (Phi) is 3.78. The van der Waals surface area contributed by atoms with E-state index in [9.17, 15) is 0 Å². The fraction of sp³-hybridized carbons (Fsp3) is 0.667. The molecule has 0 radical (unpaired) electrons. The summed E-state index contributed by atoms with van der Waals surface area (Å²) < 4.78 is 5.58. The second-order valence-electron chi connectivity index (χ2n) is 4.68. The average molecular weight is 236 g/mol. The maximum Gasteiger partial charge on any atom is 0.218 e. The van der Waals surface area contributed by atoms with Crippen LogP contribution in [0.5, 0.6) is 5.88 Å². The van der Waals surface area contributed by atoms with Crippen LogP contribution in [0.25, 0.3) is 0 Å². The van der Waals surface area contributed by atoms with Crippen molar-refractivity contribution in [1.29, 1.82) is 0 Å². The number of anilines is 1. The average Bonchev–Trinajstić information content (AvgIpc) is 2.28. The topological polar surface area (TPSA) is 50.3 Å². The minimum Gasteiger partial charge on any atom is -0.475 e. The second kappa shape index (κ2) is 5.31. The lowest BCUT2D eigenvalue weighted by atomic mass is 10.2. The van der Waals surface area contributed by atoms with Crippen molar-refractivity contribution in [3.05, 3.63) is 12.4 Å². The Labute approximate surface area is 102 Å². The molecule has 0 spiro atoms. The molecule has 1 atom stereocenters. The Hall–Kier alpha value is -1.36. The Bertz CT molecular complexity index is 369. The molecule has 0 aliphatic carbocycles. The highest BCUT2D eigenvalue weighted by Crippen LogP contribution is 2.17. The van der Waals surface area contributed by atoms with Crippen molar-refractivity contribution in [2.45, 2.75) is 32.9 Å². The van der Waals surface area contributed by atoms with E-state index >= 15 is 0 Å². The smallest absolute Gasteiger partial charge is 0.218 e. The third kappa shape index (κ3) is 3.30. The molecule has 94 valence electrons. The zero-order valence-electron chi connectivity index (χ0n) is 10.7. The molecule has 1 N–H and O–H groups in total. The van der Waals surface area contributed by atoms with Gasteiger partial charge in [-0.25, -0.2) is 9.97 Å². The van der Waals surface area contributed by atoms with Crippen molar-refractivity contribution in [2.24, 2.45) is 0 Å². The molecule has 1 aromatic rings. The number of hydrogen-bond donors (Lipinski definition) is 1. The van der Waals surface area contributed by atoms with E-state index in [2.05, 4.69) is 27.1 Å². The molecule has 1 aromatic heterocycles. The molecular formula is C12H20N4O. The van der Waals surface area contributed by atoms with Crippen LogP contribution in [-0.2, 0) is 0 Å². The number of hydrogen-bond acceptors (Lipinski definition) is 5. The van der Waals surface area contributed by atoms with Crippen LogP contribution >= 0.6 is 0 Å². The zero-order chi connectivity index (χ0) is 12.3. The van der Waals surface area contributed by atoms with Gasteiger partial charge in [0, 0.05) is 31.7 Å². The van der Waals surface area contributed by atoms with Gasteiger partial charge in [-0.05, 0) is 20.8 Å². The van der Waals surface area contributed by atoms with E-state index < -0.39 is 0 Å². The molecule has 0 saturated carbocycles. The standard InChI is InChI=1S/C12H20N4O/c1-9(2)17-12-6-11(14-8-15-12)16-5-4-13-10(3)7-16/h6,8-10,13H,4-5,7H2,1-3H3. The number of aromatic nitrogens is 2. The fourth-order valence-corrected chi connectivity index (χ4v) is 1.95. The van der Waals surface area contributed by atoms with Crippen LogP contribution in [0.15, 0.2) is 12.4 Å². The summed E-state index contributed by atoms with van der Waals surface area (Å²) in [4.78, 5) is 10.7. The van der Waals surface area contributed by atoms with Crippen molar-refractivity contribution in [3.8, 4) is 5.88 Å². The Morgan fingerprint density at radius 1 is 1.47 bits per heavy atom. The van der Waals surface area contributed by atoms with Gasteiger partial charge >= 0.3 is 0 Å². The first-order chi connectivity index (χ1) is 8.15. The van der Waals surface area contributed by atoms with Gasteiger partial charge in [0.15, 0.2) is 0 Å². The third-order valence-electron chi connectivity index (χ3n) is 2.68. The quantitative estimate of drug-likeness (QED) is 0.850. The molecule has 1 unspecified atom stereocenters. The third-order valence-corrected chi connectivity index (χ3v) is 2.68. The highest BCUT2D eigenvalue weighted by molar-refractivity contribution is 5.41. The predicted molar refractivity (Wildman–Crippen MR) is 67.5 cm³/mol. The van der Waals surface area contributed by atoms with E-state index in [1.54, 1.807) is 6.33 Å². The lowest BCUT2D eigenvalue weighted by molar-refractivity contribution is 0.232. The lowest BCUT2D eigenvalue weighted by Gasteiger charge is -2.32. The molecule has 1 aliphatic heterocycles. The lowest BCUT2D eigenvalue weighted by Crippen LogP contribution is -2.49. The first kappa shape index (κ1) is 12.1. The van der Waals surface area contributed by atoms with Gasteiger partial charge in [0.05, 0.1) is 6.10 Å². The van der Waals surface area contributed by atoms with Crippen LogP contribution in [0.4, 0.5) is 5.82 Å². The van der Waals surface area contributed by atoms with Crippen molar-refractivity contribution in [3.63, 3.8) is 0 Å². The first-order valence-electron chi connectivity index (χ1n) is 6.12. The van der Waals surface area contributed by atoms with Gasteiger partial charge in [0.1, 0.15) is 12.1 Å². The van der Waals surface area contributed by atoms with E-state index in [-0.39, 0.29) is 6.10 Å². The molecule has 0 aromatic carbocycles. The summed E-state index contributed by atoms with van der Waals surface area (Å²) >= 11 is 0. The molecular weight excluding hydrogens is 216 g/mol. The molecule has 5 heteroatoms. The molecule has 5 nitrogen and oxygen atoms in total. The van der Waals surface area contributed by atoms with E-state index in [0.717, 1.165) is 25.5 Å². The predicted octanol–water partition coefficient (Wildman–Crippen LogP) is 1.06. The number of nitrogens with one attached hydrogen (secondary N) is 1. The molecule has 0 bridgehead atoms. The number of ether oxygens (including phenoxy) is 1. The van der Waals surface area contributed by atoms with Crippen LogP contribution < -0.4 is 15.0 Å². The maximum atomic E-state index is 5.58. The Morgan fingerprint density at radius 3 is 3.00 bits per heavy atom. The highest BCUT2D eigenvalue weighted by Gasteiger charge is 2.17. The largest absolute Gasteiger partial charge is 0.475 e. The Morgan fingerprint density at radius 2 is 2.29 bits per heavy atom. The van der Waals surface area contributed by atoms with Crippen molar-refractivity contribution < 1.29 is 4.74 Å². The van der Waals surface area contributed by atoms with E-state index in [1.165, 1.54) is 0 Å². The van der Waals surface area contributed by atoms with Crippen LogP contribution in [0.2, 0.25) is 0 Å².